The predicted octanol–water partition coefficient (Wildman–Crippen LogP) is 5.28. The van der Waals surface area contributed by atoms with Crippen LogP contribution in [-0.2, 0) is 28.4 Å². The van der Waals surface area contributed by atoms with E-state index in [1.165, 1.54) is 0 Å². The molecule has 0 unspecified atom stereocenters. The van der Waals surface area contributed by atoms with Crippen LogP contribution in [0, 0.1) is 0 Å². The zero-order valence-corrected chi connectivity index (χ0v) is 19.5. The molecule has 0 aliphatic rings. The van der Waals surface area contributed by atoms with Gasteiger partial charge in [0.1, 0.15) is 5.82 Å². The van der Waals surface area contributed by atoms with Crippen molar-refractivity contribution < 1.29 is 8.42 Å². The van der Waals surface area contributed by atoms with Gasteiger partial charge in [-0.15, -0.1) is 10.2 Å². The molecule has 0 amide bonds. The monoisotopic (exact) mass is 446 g/mol. The molecule has 2 aromatic carbocycles. The second kappa shape index (κ2) is 8.40. The zero-order valence-electron chi connectivity index (χ0n) is 17.9. The van der Waals surface area contributed by atoms with Crippen LogP contribution < -0.4 is 4.72 Å². The number of anilines is 1. The summed E-state index contributed by atoms with van der Waals surface area (Å²) in [5.41, 5.74) is 1.56. The van der Waals surface area contributed by atoms with Crippen molar-refractivity contribution in [1.82, 2.24) is 14.8 Å². The molecule has 0 radical (unpaired) electrons. The van der Waals surface area contributed by atoms with E-state index in [1.54, 1.807) is 42.5 Å². The van der Waals surface area contributed by atoms with Gasteiger partial charge < -0.3 is 4.57 Å². The number of hydrogen-bond acceptors (Lipinski definition) is 4. The van der Waals surface area contributed by atoms with Crippen molar-refractivity contribution in [2.45, 2.75) is 57.9 Å². The predicted molar refractivity (Wildman–Crippen MR) is 121 cm³/mol. The van der Waals surface area contributed by atoms with Crippen LogP contribution in [0.15, 0.2) is 47.4 Å². The fraction of sp³-hybridized carbons (Fsp3) is 0.364. The Kier molecular flexibility index (Phi) is 6.24. The Labute approximate surface area is 183 Å². The third-order valence-corrected chi connectivity index (χ3v) is 6.58. The molecular formula is C22H27ClN4O2S. The zero-order chi connectivity index (χ0) is 22.1. The van der Waals surface area contributed by atoms with Crippen LogP contribution in [0.4, 0.5) is 5.69 Å². The number of rotatable bonds is 6. The van der Waals surface area contributed by atoms with E-state index in [0.717, 1.165) is 17.8 Å². The van der Waals surface area contributed by atoms with Crippen LogP contribution in [0.25, 0.3) is 11.4 Å². The quantitative estimate of drug-likeness (QED) is 0.558. The Bertz CT molecular complexity index is 1150. The number of aromatic nitrogens is 3. The summed E-state index contributed by atoms with van der Waals surface area (Å²) in [6.45, 7) is 10.8. The number of halogens is 1. The summed E-state index contributed by atoms with van der Waals surface area (Å²) in [5, 5.41) is 9.31. The first-order chi connectivity index (χ1) is 14.1. The van der Waals surface area contributed by atoms with Crippen LogP contribution in [0.3, 0.4) is 0 Å². The summed E-state index contributed by atoms with van der Waals surface area (Å²) in [7, 11) is -3.79. The van der Waals surface area contributed by atoms with Gasteiger partial charge in [0.2, 0.25) is 0 Å². The van der Waals surface area contributed by atoms with Gasteiger partial charge in [0.15, 0.2) is 5.82 Å². The summed E-state index contributed by atoms with van der Waals surface area (Å²) in [6.07, 6.45) is 0.720. The highest BCUT2D eigenvalue weighted by Crippen LogP contribution is 2.42. The SMILES string of the molecule is CCc1nnc(-c2c(NS(=O)(=O)c3ccccc3)ccc(Cl)c2C(C)(C)C)n1CC. The molecule has 1 aromatic heterocycles. The summed E-state index contributed by atoms with van der Waals surface area (Å²) in [6, 6.07) is 11.7. The molecule has 0 saturated carbocycles. The number of nitrogens with one attached hydrogen (secondary N) is 1. The summed E-state index contributed by atoms with van der Waals surface area (Å²) in [5.74, 6) is 1.44. The minimum atomic E-state index is -3.79. The Morgan fingerprint density at radius 3 is 2.27 bits per heavy atom. The fourth-order valence-electron chi connectivity index (χ4n) is 3.55. The van der Waals surface area contributed by atoms with Gasteiger partial charge in [0.05, 0.1) is 10.6 Å². The van der Waals surface area contributed by atoms with Gasteiger partial charge in [-0.3, -0.25) is 4.72 Å². The first kappa shape index (κ1) is 22.3. The van der Waals surface area contributed by atoms with E-state index in [9.17, 15) is 8.42 Å². The summed E-state index contributed by atoms with van der Waals surface area (Å²) >= 11 is 6.63. The highest BCUT2D eigenvalue weighted by molar-refractivity contribution is 7.92. The van der Waals surface area contributed by atoms with Crippen LogP contribution in [0.2, 0.25) is 5.02 Å². The molecule has 1 N–H and O–H groups in total. The lowest BCUT2D eigenvalue weighted by atomic mass is 9.82. The number of benzene rings is 2. The van der Waals surface area contributed by atoms with Crippen LogP contribution in [-0.4, -0.2) is 23.2 Å². The molecule has 0 saturated heterocycles. The van der Waals surface area contributed by atoms with E-state index < -0.39 is 10.0 Å². The van der Waals surface area contributed by atoms with Crippen molar-refractivity contribution in [2.75, 3.05) is 4.72 Å². The molecule has 160 valence electrons. The standard InChI is InChI=1S/C22H27ClN4O2S/c1-6-18-24-25-21(27(18)7-2)19-17(14-13-16(23)20(19)22(3,4)5)26-30(28,29)15-11-9-8-10-12-15/h8-14,26H,6-7H2,1-5H3. The first-order valence-corrected chi connectivity index (χ1v) is 11.8. The van der Waals surface area contributed by atoms with Crippen molar-refractivity contribution >= 4 is 27.3 Å². The normalized spacial score (nSPS) is 12.2. The molecule has 0 spiro atoms. The van der Waals surface area contributed by atoms with Crippen molar-refractivity contribution in [3.63, 3.8) is 0 Å². The lowest BCUT2D eigenvalue weighted by Gasteiger charge is -2.26. The molecule has 30 heavy (non-hydrogen) atoms. The number of aryl methyl sites for hydroxylation is 1. The molecule has 8 heteroatoms. The van der Waals surface area contributed by atoms with E-state index >= 15 is 0 Å². The summed E-state index contributed by atoms with van der Waals surface area (Å²) in [4.78, 5) is 0.189. The van der Waals surface area contributed by atoms with E-state index in [2.05, 4.69) is 14.9 Å². The average Bonchev–Trinajstić information content (AvgIpc) is 3.11. The third-order valence-electron chi connectivity index (χ3n) is 4.89. The molecule has 0 fully saturated rings. The average molecular weight is 447 g/mol. The number of sulfonamides is 1. The maximum Gasteiger partial charge on any atom is 0.261 e. The molecule has 0 bridgehead atoms. The maximum atomic E-state index is 13.1. The Hall–Kier alpha value is -2.38. The van der Waals surface area contributed by atoms with Crippen molar-refractivity contribution in [1.29, 1.82) is 0 Å². The topological polar surface area (TPSA) is 76.9 Å². The van der Waals surface area contributed by atoms with E-state index in [4.69, 9.17) is 11.6 Å². The second-order valence-electron chi connectivity index (χ2n) is 8.05. The number of nitrogens with zero attached hydrogens (tertiary/aromatic N) is 3. The van der Waals surface area contributed by atoms with E-state index in [1.807, 2.05) is 39.2 Å². The highest BCUT2D eigenvalue weighted by atomic mass is 35.5. The minimum Gasteiger partial charge on any atom is -0.311 e. The first-order valence-electron chi connectivity index (χ1n) is 9.93. The van der Waals surface area contributed by atoms with E-state index in [0.29, 0.717) is 28.6 Å². The van der Waals surface area contributed by atoms with Crippen molar-refractivity contribution in [2.24, 2.45) is 0 Å². The molecule has 6 nitrogen and oxygen atoms in total. The largest absolute Gasteiger partial charge is 0.311 e. The maximum absolute atomic E-state index is 13.1. The molecule has 1 heterocycles. The van der Waals surface area contributed by atoms with Gasteiger partial charge in [0, 0.05) is 23.6 Å². The molecular weight excluding hydrogens is 420 g/mol. The Morgan fingerprint density at radius 1 is 1.03 bits per heavy atom. The summed E-state index contributed by atoms with van der Waals surface area (Å²) < 4.78 is 30.9. The molecule has 3 rings (SSSR count). The highest BCUT2D eigenvalue weighted by Gasteiger charge is 2.29. The second-order valence-corrected chi connectivity index (χ2v) is 10.1. The van der Waals surface area contributed by atoms with E-state index in [-0.39, 0.29) is 10.3 Å². The Balaban J connectivity index is 2.29. The van der Waals surface area contributed by atoms with Crippen LogP contribution >= 0.6 is 11.6 Å². The van der Waals surface area contributed by atoms with Gasteiger partial charge in [-0.05, 0) is 42.2 Å². The van der Waals surface area contributed by atoms with Crippen LogP contribution in [0.1, 0.15) is 46.0 Å². The molecule has 3 aromatic rings. The fourth-order valence-corrected chi connectivity index (χ4v) is 5.08. The van der Waals surface area contributed by atoms with Gasteiger partial charge in [-0.2, -0.15) is 0 Å². The minimum absolute atomic E-state index is 0.189. The van der Waals surface area contributed by atoms with Gasteiger partial charge in [0.25, 0.3) is 10.0 Å². The lowest BCUT2D eigenvalue weighted by molar-refractivity contribution is 0.590. The molecule has 0 aliphatic heterocycles. The smallest absolute Gasteiger partial charge is 0.261 e. The van der Waals surface area contributed by atoms with Gasteiger partial charge in [-0.1, -0.05) is 57.5 Å². The molecule has 0 aliphatic carbocycles. The lowest BCUT2D eigenvalue weighted by Crippen LogP contribution is -2.19. The number of hydrogen-bond donors (Lipinski definition) is 1. The Morgan fingerprint density at radius 2 is 1.70 bits per heavy atom. The van der Waals surface area contributed by atoms with Crippen molar-refractivity contribution in [3.05, 3.63) is 58.9 Å². The van der Waals surface area contributed by atoms with Gasteiger partial charge in [-0.25, -0.2) is 8.42 Å². The molecule has 0 atom stereocenters. The van der Waals surface area contributed by atoms with Gasteiger partial charge >= 0.3 is 0 Å². The van der Waals surface area contributed by atoms with Crippen molar-refractivity contribution in [3.8, 4) is 11.4 Å². The van der Waals surface area contributed by atoms with Crippen LogP contribution in [0.5, 0.6) is 0 Å². The third kappa shape index (κ3) is 4.23.